The molecular formula is C5H7FN2O. The van der Waals surface area contributed by atoms with Crippen LogP contribution in [0.25, 0.3) is 0 Å². The molecule has 1 rings (SSSR count). The second kappa shape index (κ2) is 2.48. The van der Waals surface area contributed by atoms with E-state index in [1.165, 1.54) is 0 Å². The Bertz CT molecular complexity index is 187. The average molecular weight is 130 g/mol. The van der Waals surface area contributed by atoms with Crippen LogP contribution in [-0.4, -0.2) is 16.6 Å². The summed E-state index contributed by atoms with van der Waals surface area (Å²) in [4.78, 5) is 0. The number of aryl methyl sites for hydroxylation is 1. The molecule has 9 heavy (non-hydrogen) atoms. The van der Waals surface area contributed by atoms with Crippen LogP contribution < -0.4 is 4.74 Å². The lowest BCUT2D eigenvalue weighted by Crippen LogP contribution is -1.92. The first-order chi connectivity index (χ1) is 4.33. The van der Waals surface area contributed by atoms with Crippen LogP contribution in [0.1, 0.15) is 0 Å². The van der Waals surface area contributed by atoms with Gasteiger partial charge in [0.15, 0.2) is 0 Å². The van der Waals surface area contributed by atoms with Crippen molar-refractivity contribution in [3.8, 4) is 5.88 Å². The van der Waals surface area contributed by atoms with Gasteiger partial charge in [-0.2, -0.15) is 0 Å². The summed E-state index contributed by atoms with van der Waals surface area (Å²) in [6, 6.07) is 1.60. The Kier molecular flexibility index (Phi) is 1.67. The second-order valence-corrected chi connectivity index (χ2v) is 1.58. The van der Waals surface area contributed by atoms with Gasteiger partial charge in [0.1, 0.15) is 0 Å². The number of aromatic nitrogens is 2. The van der Waals surface area contributed by atoms with Gasteiger partial charge in [0, 0.05) is 19.3 Å². The minimum absolute atomic E-state index is 0.319. The number of hydrogen-bond donors (Lipinski definition) is 0. The summed E-state index contributed by atoms with van der Waals surface area (Å²) >= 11 is 0. The number of hydrogen-bond acceptors (Lipinski definition) is 2. The van der Waals surface area contributed by atoms with Crippen LogP contribution >= 0.6 is 0 Å². The van der Waals surface area contributed by atoms with Crippen LogP contribution in [0.2, 0.25) is 0 Å². The first kappa shape index (κ1) is 6.07. The lowest BCUT2D eigenvalue weighted by molar-refractivity contribution is 0.183. The van der Waals surface area contributed by atoms with Crippen molar-refractivity contribution in [1.82, 2.24) is 9.78 Å². The standard InChI is InChI=1S/C5H7FN2O/c1-8-3-2-5(7-8)9-4-6/h2-3H,4H2,1H3. The van der Waals surface area contributed by atoms with E-state index in [0.29, 0.717) is 5.88 Å². The number of ether oxygens (including phenoxy) is 1. The third kappa shape index (κ3) is 1.42. The predicted molar refractivity (Wildman–Crippen MR) is 29.8 cm³/mol. The van der Waals surface area contributed by atoms with Gasteiger partial charge >= 0.3 is 0 Å². The van der Waals surface area contributed by atoms with Gasteiger partial charge in [-0.25, -0.2) is 4.39 Å². The molecule has 0 aliphatic rings. The Hall–Kier alpha value is -1.06. The fraction of sp³-hybridized carbons (Fsp3) is 0.400. The van der Waals surface area contributed by atoms with Crippen molar-refractivity contribution < 1.29 is 9.13 Å². The van der Waals surface area contributed by atoms with Crippen molar-refractivity contribution >= 4 is 0 Å². The van der Waals surface area contributed by atoms with Crippen LogP contribution in [0.5, 0.6) is 5.88 Å². The van der Waals surface area contributed by atoms with E-state index in [-0.39, 0.29) is 0 Å². The van der Waals surface area contributed by atoms with Gasteiger partial charge in [0.2, 0.25) is 12.7 Å². The highest BCUT2D eigenvalue weighted by Crippen LogP contribution is 2.02. The Labute approximate surface area is 52.0 Å². The Morgan fingerprint density at radius 3 is 3.11 bits per heavy atom. The third-order valence-corrected chi connectivity index (χ3v) is 0.892. The highest BCUT2D eigenvalue weighted by atomic mass is 19.1. The molecule has 0 radical (unpaired) electrons. The number of rotatable bonds is 2. The number of halogens is 1. The summed E-state index contributed by atoms with van der Waals surface area (Å²) in [5.41, 5.74) is 0. The fourth-order valence-electron chi connectivity index (χ4n) is 0.527. The molecule has 0 atom stereocenters. The SMILES string of the molecule is Cn1ccc(OCF)n1. The zero-order valence-electron chi connectivity index (χ0n) is 5.04. The normalized spacial score (nSPS) is 9.56. The van der Waals surface area contributed by atoms with Crippen molar-refractivity contribution in [2.24, 2.45) is 7.05 Å². The van der Waals surface area contributed by atoms with Gasteiger partial charge in [0.25, 0.3) is 0 Å². The molecule has 1 aromatic heterocycles. The number of nitrogens with zero attached hydrogens (tertiary/aromatic N) is 2. The topological polar surface area (TPSA) is 27.1 Å². The molecule has 0 amide bonds. The zero-order valence-corrected chi connectivity index (χ0v) is 5.04. The largest absolute Gasteiger partial charge is 0.445 e. The summed E-state index contributed by atoms with van der Waals surface area (Å²) in [5.74, 6) is 0.319. The van der Waals surface area contributed by atoms with Crippen LogP contribution in [0, 0.1) is 0 Å². The summed E-state index contributed by atoms with van der Waals surface area (Å²) in [6.45, 7) is -0.822. The van der Waals surface area contributed by atoms with Crippen molar-refractivity contribution in [2.45, 2.75) is 0 Å². The smallest absolute Gasteiger partial charge is 0.235 e. The van der Waals surface area contributed by atoms with E-state index < -0.39 is 6.86 Å². The third-order valence-electron chi connectivity index (χ3n) is 0.892. The second-order valence-electron chi connectivity index (χ2n) is 1.58. The molecule has 1 heterocycles. The maximum Gasteiger partial charge on any atom is 0.235 e. The van der Waals surface area contributed by atoms with E-state index >= 15 is 0 Å². The Balaban J connectivity index is 2.61. The minimum atomic E-state index is -0.822. The first-order valence-corrected chi connectivity index (χ1v) is 2.51. The summed E-state index contributed by atoms with van der Waals surface area (Å²) in [7, 11) is 1.74. The lowest BCUT2D eigenvalue weighted by Gasteiger charge is -1.91. The van der Waals surface area contributed by atoms with Gasteiger partial charge in [-0.3, -0.25) is 4.68 Å². The first-order valence-electron chi connectivity index (χ1n) is 2.51. The van der Waals surface area contributed by atoms with Gasteiger partial charge in [-0.1, -0.05) is 0 Å². The monoisotopic (exact) mass is 130 g/mol. The maximum atomic E-state index is 11.4. The fourth-order valence-corrected chi connectivity index (χ4v) is 0.527. The molecule has 0 bridgehead atoms. The van der Waals surface area contributed by atoms with Crippen LogP contribution in [-0.2, 0) is 7.05 Å². The maximum absolute atomic E-state index is 11.4. The quantitative estimate of drug-likeness (QED) is 0.590. The van der Waals surface area contributed by atoms with Crippen LogP contribution in [0.4, 0.5) is 4.39 Å². The van der Waals surface area contributed by atoms with Crippen molar-refractivity contribution in [1.29, 1.82) is 0 Å². The van der Waals surface area contributed by atoms with Gasteiger partial charge < -0.3 is 4.74 Å². The average Bonchev–Trinajstić information content (AvgIpc) is 2.17. The molecular weight excluding hydrogens is 123 g/mol. The highest BCUT2D eigenvalue weighted by molar-refractivity contribution is 5.04. The predicted octanol–water partition coefficient (Wildman–Crippen LogP) is 0.726. The molecule has 0 aliphatic carbocycles. The van der Waals surface area contributed by atoms with E-state index in [1.54, 1.807) is 24.0 Å². The molecule has 0 N–H and O–H groups in total. The number of alkyl halides is 1. The molecule has 0 spiro atoms. The van der Waals surface area contributed by atoms with Crippen molar-refractivity contribution in [3.63, 3.8) is 0 Å². The summed E-state index contributed by atoms with van der Waals surface area (Å²) in [5, 5.41) is 3.75. The molecule has 1 aromatic rings. The Morgan fingerprint density at radius 2 is 2.67 bits per heavy atom. The summed E-state index contributed by atoms with van der Waals surface area (Å²) in [6.07, 6.45) is 1.69. The van der Waals surface area contributed by atoms with E-state index in [0.717, 1.165) is 0 Å². The van der Waals surface area contributed by atoms with Crippen LogP contribution in [0.3, 0.4) is 0 Å². The highest BCUT2D eigenvalue weighted by Gasteiger charge is 1.93. The molecule has 0 fully saturated rings. The molecule has 0 aliphatic heterocycles. The van der Waals surface area contributed by atoms with Crippen LogP contribution in [0.15, 0.2) is 12.3 Å². The molecule has 0 aromatic carbocycles. The van der Waals surface area contributed by atoms with E-state index in [2.05, 4.69) is 9.84 Å². The molecule has 50 valence electrons. The van der Waals surface area contributed by atoms with E-state index in [4.69, 9.17) is 0 Å². The molecule has 4 heteroatoms. The van der Waals surface area contributed by atoms with Gasteiger partial charge in [-0.15, -0.1) is 5.10 Å². The van der Waals surface area contributed by atoms with Crippen molar-refractivity contribution in [2.75, 3.05) is 6.86 Å². The zero-order chi connectivity index (χ0) is 6.69. The lowest BCUT2D eigenvalue weighted by atomic mass is 10.7. The van der Waals surface area contributed by atoms with E-state index in [1.807, 2.05) is 0 Å². The minimum Gasteiger partial charge on any atom is -0.445 e. The van der Waals surface area contributed by atoms with E-state index in [9.17, 15) is 4.39 Å². The van der Waals surface area contributed by atoms with Gasteiger partial charge in [-0.05, 0) is 0 Å². The molecule has 0 saturated carbocycles. The molecule has 3 nitrogen and oxygen atoms in total. The summed E-state index contributed by atoms with van der Waals surface area (Å²) < 4.78 is 17.4. The van der Waals surface area contributed by atoms with Gasteiger partial charge in [0.05, 0.1) is 0 Å². The van der Waals surface area contributed by atoms with Crippen molar-refractivity contribution in [3.05, 3.63) is 12.3 Å². The Morgan fingerprint density at radius 1 is 1.89 bits per heavy atom. The molecule has 0 saturated heterocycles. The molecule has 0 unspecified atom stereocenters.